The van der Waals surface area contributed by atoms with Crippen molar-refractivity contribution in [3.63, 3.8) is 0 Å². The van der Waals surface area contributed by atoms with E-state index in [9.17, 15) is 4.79 Å². The summed E-state index contributed by atoms with van der Waals surface area (Å²) in [5, 5.41) is 3.95. The molecule has 0 radical (unpaired) electrons. The van der Waals surface area contributed by atoms with Gasteiger partial charge in [-0.2, -0.15) is 5.10 Å². The largest absolute Gasteiger partial charge is 0.497 e. The first-order valence-corrected chi connectivity index (χ1v) is 8.22. The number of amides is 1. The smallest absolute Gasteiger partial charge is 0.277 e. The molecule has 0 aliphatic heterocycles. The molecule has 0 aliphatic rings. The maximum Gasteiger partial charge on any atom is 0.277 e. The van der Waals surface area contributed by atoms with E-state index in [1.54, 1.807) is 37.6 Å². The highest BCUT2D eigenvalue weighted by molar-refractivity contribution is 5.78. The fraction of sp³-hybridized carbons (Fsp3) is 0.474. The Balaban J connectivity index is 2.19. The summed E-state index contributed by atoms with van der Waals surface area (Å²) >= 11 is 0. The summed E-state index contributed by atoms with van der Waals surface area (Å²) in [6, 6.07) is 7.07. The molecular weight excluding hydrogens is 304 g/mol. The molecule has 0 bridgehead atoms. The summed E-state index contributed by atoms with van der Waals surface area (Å²) in [5.74, 6) is 1.62. The van der Waals surface area contributed by atoms with Crippen molar-refractivity contribution in [2.75, 3.05) is 13.7 Å². The van der Waals surface area contributed by atoms with Crippen LogP contribution in [0, 0.1) is 5.92 Å². The van der Waals surface area contributed by atoms with E-state index >= 15 is 0 Å². The van der Waals surface area contributed by atoms with Crippen LogP contribution in [0.4, 0.5) is 0 Å². The van der Waals surface area contributed by atoms with Crippen molar-refractivity contribution in [3.8, 4) is 11.5 Å². The van der Waals surface area contributed by atoms with Crippen molar-refractivity contribution in [1.29, 1.82) is 0 Å². The first kappa shape index (κ1) is 19.7. The topological polar surface area (TPSA) is 59.9 Å². The van der Waals surface area contributed by atoms with Crippen LogP contribution in [0.1, 0.15) is 40.0 Å². The summed E-state index contributed by atoms with van der Waals surface area (Å²) in [7, 11) is 1.60. The van der Waals surface area contributed by atoms with E-state index in [-0.39, 0.29) is 12.5 Å². The lowest BCUT2D eigenvalue weighted by Gasteiger charge is -2.07. The van der Waals surface area contributed by atoms with E-state index in [4.69, 9.17) is 9.47 Å². The molecule has 0 aromatic heterocycles. The molecule has 1 N–H and O–H groups in total. The average Bonchev–Trinajstić information content (AvgIpc) is 2.57. The molecule has 24 heavy (non-hydrogen) atoms. The van der Waals surface area contributed by atoms with Crippen molar-refractivity contribution >= 4 is 12.1 Å². The van der Waals surface area contributed by atoms with Crippen LogP contribution in [0.5, 0.6) is 11.5 Å². The predicted octanol–water partition coefficient (Wildman–Crippen LogP) is 3.95. The molecule has 1 amide bonds. The number of benzene rings is 1. The first-order chi connectivity index (χ1) is 11.5. The highest BCUT2D eigenvalue weighted by atomic mass is 16.5. The van der Waals surface area contributed by atoms with Crippen molar-refractivity contribution in [2.24, 2.45) is 11.0 Å². The highest BCUT2D eigenvalue weighted by Gasteiger charge is 2.02. The lowest BCUT2D eigenvalue weighted by molar-refractivity contribution is -0.123. The van der Waals surface area contributed by atoms with Crippen LogP contribution in [-0.4, -0.2) is 25.8 Å². The van der Waals surface area contributed by atoms with Gasteiger partial charge >= 0.3 is 0 Å². The number of hydrazone groups is 1. The molecule has 1 rings (SSSR count). The normalized spacial score (nSPS) is 11.8. The number of allylic oxidation sites excluding steroid dienone is 2. The number of nitrogens with zero attached hydrogens (tertiary/aromatic N) is 1. The lowest BCUT2D eigenvalue weighted by atomic mass is 10.0. The molecule has 0 heterocycles. The van der Waals surface area contributed by atoms with E-state index < -0.39 is 0 Å². The third kappa shape index (κ3) is 8.98. The van der Waals surface area contributed by atoms with Gasteiger partial charge in [0.25, 0.3) is 5.91 Å². The number of hydrogen-bond donors (Lipinski definition) is 1. The number of hydrogen-bond acceptors (Lipinski definition) is 4. The summed E-state index contributed by atoms with van der Waals surface area (Å²) in [4.78, 5) is 11.6. The van der Waals surface area contributed by atoms with Crippen LogP contribution >= 0.6 is 0 Å². The number of methoxy groups -OCH3 is 1. The van der Waals surface area contributed by atoms with Gasteiger partial charge in [-0.1, -0.05) is 18.6 Å². The van der Waals surface area contributed by atoms with Crippen LogP contribution in [-0.2, 0) is 4.79 Å². The first-order valence-electron chi connectivity index (χ1n) is 8.22. The van der Waals surface area contributed by atoms with Gasteiger partial charge < -0.3 is 9.47 Å². The Bertz CT molecular complexity index is 546. The molecule has 132 valence electrons. The van der Waals surface area contributed by atoms with E-state index in [0.29, 0.717) is 11.7 Å². The number of ether oxygens (including phenoxy) is 2. The fourth-order valence-electron chi connectivity index (χ4n) is 1.98. The van der Waals surface area contributed by atoms with Gasteiger partial charge in [0.2, 0.25) is 0 Å². The number of rotatable bonds is 10. The Labute approximate surface area is 144 Å². The van der Waals surface area contributed by atoms with Crippen LogP contribution in [0.15, 0.2) is 41.0 Å². The molecule has 0 saturated heterocycles. The highest BCUT2D eigenvalue weighted by Crippen LogP contribution is 2.16. The van der Waals surface area contributed by atoms with E-state index in [0.717, 1.165) is 25.0 Å². The zero-order valence-electron chi connectivity index (χ0n) is 15.0. The fourth-order valence-corrected chi connectivity index (χ4v) is 1.98. The van der Waals surface area contributed by atoms with E-state index in [1.807, 2.05) is 0 Å². The molecule has 0 fully saturated rings. The number of nitrogens with one attached hydrogen (secondary N) is 1. The second kappa shape index (κ2) is 11.3. The summed E-state index contributed by atoms with van der Waals surface area (Å²) in [6.45, 7) is 6.32. The maximum absolute atomic E-state index is 11.6. The van der Waals surface area contributed by atoms with Crippen molar-refractivity contribution < 1.29 is 14.3 Å². The van der Waals surface area contributed by atoms with Crippen LogP contribution in [0.3, 0.4) is 0 Å². The second-order valence-corrected chi connectivity index (χ2v) is 6.01. The van der Waals surface area contributed by atoms with Crippen molar-refractivity contribution in [2.45, 2.75) is 40.0 Å². The number of carbonyl (C=O) groups is 1. The number of carbonyl (C=O) groups excluding carboxylic acids is 1. The molecule has 5 nitrogen and oxygen atoms in total. The molecule has 1 aromatic rings. The Morgan fingerprint density at radius 1 is 1.25 bits per heavy atom. The third-order valence-electron chi connectivity index (χ3n) is 3.43. The zero-order valence-corrected chi connectivity index (χ0v) is 15.0. The minimum Gasteiger partial charge on any atom is -0.497 e. The molecule has 1 aromatic carbocycles. The molecule has 0 spiro atoms. The Kier molecular flexibility index (Phi) is 9.27. The third-order valence-corrected chi connectivity index (χ3v) is 3.43. The quantitative estimate of drug-likeness (QED) is 0.401. The standard InChI is InChI=1S/C19H28N2O3/c1-15(2)6-5-7-16(3)12-13-20-21-19(22)14-24-18-10-8-17(23-4)9-11-18/h6,8-11,13,16H,5,7,12,14H2,1-4H3,(H,21,22). The summed E-state index contributed by atoms with van der Waals surface area (Å²) < 4.78 is 10.4. The van der Waals surface area contributed by atoms with Gasteiger partial charge in [-0.3, -0.25) is 4.79 Å². The van der Waals surface area contributed by atoms with Gasteiger partial charge in [0.15, 0.2) is 6.61 Å². The van der Waals surface area contributed by atoms with Crippen molar-refractivity contribution in [1.82, 2.24) is 5.43 Å². The van der Waals surface area contributed by atoms with E-state index in [2.05, 4.69) is 37.4 Å². The lowest BCUT2D eigenvalue weighted by Crippen LogP contribution is -2.24. The zero-order chi connectivity index (χ0) is 17.8. The van der Waals surface area contributed by atoms with Crippen LogP contribution < -0.4 is 14.9 Å². The Morgan fingerprint density at radius 2 is 1.92 bits per heavy atom. The monoisotopic (exact) mass is 332 g/mol. The van der Waals surface area contributed by atoms with Crippen molar-refractivity contribution in [3.05, 3.63) is 35.9 Å². The minimum atomic E-state index is -0.278. The van der Waals surface area contributed by atoms with Gasteiger partial charge in [-0.25, -0.2) is 5.43 Å². The second-order valence-electron chi connectivity index (χ2n) is 6.01. The average molecular weight is 332 g/mol. The Hall–Kier alpha value is -2.30. The van der Waals surface area contributed by atoms with Crippen LogP contribution in [0.2, 0.25) is 0 Å². The molecular formula is C19H28N2O3. The van der Waals surface area contributed by atoms with Gasteiger partial charge in [-0.05, 0) is 63.3 Å². The molecule has 5 heteroatoms. The molecule has 0 aliphatic carbocycles. The van der Waals surface area contributed by atoms with Gasteiger partial charge in [-0.15, -0.1) is 0 Å². The van der Waals surface area contributed by atoms with Gasteiger partial charge in [0.1, 0.15) is 11.5 Å². The molecule has 1 unspecified atom stereocenters. The summed E-state index contributed by atoms with van der Waals surface area (Å²) in [5.41, 5.74) is 3.82. The minimum absolute atomic E-state index is 0.0696. The maximum atomic E-state index is 11.6. The molecule has 1 atom stereocenters. The van der Waals surface area contributed by atoms with Crippen LogP contribution in [0.25, 0.3) is 0 Å². The summed E-state index contributed by atoms with van der Waals surface area (Å²) in [6.07, 6.45) is 7.03. The van der Waals surface area contributed by atoms with Gasteiger partial charge in [0.05, 0.1) is 7.11 Å². The Morgan fingerprint density at radius 3 is 2.54 bits per heavy atom. The van der Waals surface area contributed by atoms with Gasteiger partial charge in [0, 0.05) is 6.21 Å². The molecule has 0 saturated carbocycles. The SMILES string of the molecule is COc1ccc(OCC(=O)NN=CCC(C)CCC=C(C)C)cc1. The van der Waals surface area contributed by atoms with E-state index in [1.165, 1.54) is 5.57 Å². The predicted molar refractivity (Wildman–Crippen MR) is 97.6 cm³/mol.